The molecule has 0 saturated carbocycles. The molecule has 1 aromatic heterocycles. The number of hydrogen-bond acceptors (Lipinski definition) is 3. The van der Waals surface area contributed by atoms with E-state index in [1.165, 1.54) is 20.8 Å². The van der Waals surface area contributed by atoms with E-state index in [0.29, 0.717) is 21.6 Å². The average molecular weight is 499 g/mol. The number of fused-ring (bicyclic) bond motifs is 1. The normalized spacial score (nSPS) is 10.9. The van der Waals surface area contributed by atoms with Gasteiger partial charge in [0.1, 0.15) is 0 Å². The van der Waals surface area contributed by atoms with Crippen LogP contribution in [0.3, 0.4) is 0 Å². The molecule has 4 aromatic carbocycles. The van der Waals surface area contributed by atoms with Gasteiger partial charge >= 0.3 is 200 Å². The van der Waals surface area contributed by atoms with Gasteiger partial charge in [0.15, 0.2) is 0 Å². The second-order valence-electron chi connectivity index (χ2n) is 7.66. The van der Waals surface area contributed by atoms with Crippen LogP contribution in [0.2, 0.25) is 0 Å². The molecule has 0 amide bonds. The van der Waals surface area contributed by atoms with Crippen LogP contribution in [-0.4, -0.2) is 22.1 Å². The minimum atomic E-state index is 0.291. The quantitative estimate of drug-likeness (QED) is 0.238. The molecule has 0 saturated heterocycles. The summed E-state index contributed by atoms with van der Waals surface area (Å²) >= 11 is 0.291. The Morgan fingerprint density at radius 3 is 2.30 bits per heavy atom. The molecule has 0 aliphatic carbocycles. The van der Waals surface area contributed by atoms with Gasteiger partial charge in [-0.2, -0.15) is 0 Å². The zero-order valence-corrected chi connectivity index (χ0v) is 20.1. The Morgan fingerprint density at radius 1 is 0.758 bits per heavy atom. The van der Waals surface area contributed by atoms with E-state index < -0.39 is 0 Å². The van der Waals surface area contributed by atoms with Crippen LogP contribution in [0.15, 0.2) is 108 Å². The summed E-state index contributed by atoms with van der Waals surface area (Å²) < 4.78 is 18.9. The van der Waals surface area contributed by atoms with Crippen molar-refractivity contribution in [2.45, 2.75) is 11.9 Å². The van der Waals surface area contributed by atoms with E-state index in [9.17, 15) is 0 Å². The minimum absolute atomic E-state index is 0.291. The Morgan fingerprint density at radius 2 is 1.48 bits per heavy atom. The summed E-state index contributed by atoms with van der Waals surface area (Å²) in [7, 11) is 1.66. The van der Waals surface area contributed by atoms with Crippen LogP contribution in [-0.2, 0) is 11.9 Å². The van der Waals surface area contributed by atoms with E-state index in [4.69, 9.17) is 13.9 Å². The summed E-state index contributed by atoms with van der Waals surface area (Å²) in [5.41, 5.74) is 3.44. The molecule has 0 atom stereocenters. The van der Waals surface area contributed by atoms with Crippen LogP contribution in [0.5, 0.6) is 11.5 Å². The predicted octanol–water partition coefficient (Wildman–Crippen LogP) is 6.22. The van der Waals surface area contributed by atoms with Gasteiger partial charge in [-0.1, -0.05) is 0 Å². The third kappa shape index (κ3) is 4.83. The molecular formula is C29H24O3Se. The van der Waals surface area contributed by atoms with Gasteiger partial charge in [-0.05, 0) is 0 Å². The molecule has 0 N–H and O–H groups in total. The van der Waals surface area contributed by atoms with Gasteiger partial charge in [0.25, 0.3) is 0 Å². The molecular weight excluding hydrogens is 475 g/mol. The van der Waals surface area contributed by atoms with Crippen molar-refractivity contribution in [1.82, 2.24) is 0 Å². The van der Waals surface area contributed by atoms with Gasteiger partial charge in [-0.15, -0.1) is 0 Å². The van der Waals surface area contributed by atoms with Crippen molar-refractivity contribution in [3.63, 3.8) is 0 Å². The van der Waals surface area contributed by atoms with Gasteiger partial charge in [0.05, 0.1) is 0 Å². The summed E-state index contributed by atoms with van der Waals surface area (Å²) in [6.45, 7) is 0.459. The summed E-state index contributed by atoms with van der Waals surface area (Å²) in [5.74, 6) is 2.57. The maximum atomic E-state index is 6.21. The Labute approximate surface area is 200 Å². The van der Waals surface area contributed by atoms with E-state index in [1.54, 1.807) is 7.11 Å². The first-order valence-electron chi connectivity index (χ1n) is 10.8. The first-order valence-corrected chi connectivity index (χ1v) is 12.9. The fourth-order valence-electron chi connectivity index (χ4n) is 3.85. The Kier molecular flexibility index (Phi) is 6.48. The molecule has 0 unspecified atom stereocenters. The molecule has 0 aliphatic heterocycles. The van der Waals surface area contributed by atoms with Crippen LogP contribution >= 0.6 is 0 Å². The Bertz CT molecular complexity index is 1340. The van der Waals surface area contributed by atoms with E-state index in [0.717, 1.165) is 33.7 Å². The summed E-state index contributed by atoms with van der Waals surface area (Å²) in [4.78, 5) is 0. The maximum absolute atomic E-state index is 6.21. The number of ether oxygens (including phenoxy) is 2. The molecule has 0 aliphatic rings. The van der Waals surface area contributed by atoms with Crippen LogP contribution in [0.1, 0.15) is 11.1 Å². The van der Waals surface area contributed by atoms with Crippen molar-refractivity contribution in [2.24, 2.45) is 0 Å². The SMILES string of the molecule is COc1ccc(OCc2coc(-c3cccc4ccccc34)c2C[Se]c2ccccc2)cc1. The van der Waals surface area contributed by atoms with E-state index in [-0.39, 0.29) is 0 Å². The van der Waals surface area contributed by atoms with Gasteiger partial charge < -0.3 is 0 Å². The van der Waals surface area contributed by atoms with Crippen molar-refractivity contribution >= 4 is 30.2 Å². The fourth-order valence-corrected chi connectivity index (χ4v) is 5.90. The topological polar surface area (TPSA) is 31.6 Å². The van der Waals surface area contributed by atoms with E-state index in [2.05, 4.69) is 72.8 Å². The first kappa shape index (κ1) is 21.4. The van der Waals surface area contributed by atoms with Crippen molar-refractivity contribution in [3.05, 3.63) is 114 Å². The molecule has 5 rings (SSSR count). The molecule has 164 valence electrons. The standard InChI is InChI=1S/C29H24O3Se/c1-30-23-14-16-24(17-15-23)31-18-22-19-32-29(28(22)20-33-25-10-3-2-4-11-25)27-13-7-9-21-8-5-6-12-26(21)27/h2-17,19H,18,20H2,1H3. The number of benzene rings is 4. The zero-order chi connectivity index (χ0) is 22.5. The summed E-state index contributed by atoms with van der Waals surface area (Å²) in [6, 6.07) is 33.2. The van der Waals surface area contributed by atoms with Crippen molar-refractivity contribution in [3.8, 4) is 22.8 Å². The fraction of sp³-hybridized carbons (Fsp3) is 0.103. The predicted molar refractivity (Wildman–Crippen MR) is 135 cm³/mol. The zero-order valence-electron chi connectivity index (χ0n) is 18.4. The van der Waals surface area contributed by atoms with E-state index in [1.807, 2.05) is 30.5 Å². The molecule has 3 nitrogen and oxygen atoms in total. The summed E-state index contributed by atoms with van der Waals surface area (Å²) in [6.07, 6.45) is 1.86. The molecule has 33 heavy (non-hydrogen) atoms. The molecule has 0 fully saturated rings. The molecule has 0 radical (unpaired) electrons. The van der Waals surface area contributed by atoms with Crippen molar-refractivity contribution < 1.29 is 13.9 Å². The van der Waals surface area contributed by atoms with Crippen LogP contribution in [0.25, 0.3) is 22.1 Å². The number of methoxy groups -OCH3 is 1. The van der Waals surface area contributed by atoms with E-state index >= 15 is 0 Å². The molecule has 0 spiro atoms. The van der Waals surface area contributed by atoms with Crippen molar-refractivity contribution in [1.29, 1.82) is 0 Å². The van der Waals surface area contributed by atoms with Gasteiger partial charge in [0, 0.05) is 0 Å². The number of furan rings is 1. The molecule has 1 heterocycles. The Hall–Kier alpha value is -3.46. The van der Waals surface area contributed by atoms with Crippen molar-refractivity contribution in [2.75, 3.05) is 7.11 Å². The van der Waals surface area contributed by atoms with Crippen LogP contribution < -0.4 is 13.9 Å². The average Bonchev–Trinajstić information content (AvgIpc) is 3.29. The molecule has 0 bridgehead atoms. The van der Waals surface area contributed by atoms with Gasteiger partial charge in [0.2, 0.25) is 0 Å². The van der Waals surface area contributed by atoms with Gasteiger partial charge in [-0.3, -0.25) is 0 Å². The molecule has 5 aromatic rings. The monoisotopic (exact) mass is 500 g/mol. The second-order valence-corrected chi connectivity index (χ2v) is 9.86. The second kappa shape index (κ2) is 9.99. The number of hydrogen-bond donors (Lipinski definition) is 0. The summed E-state index contributed by atoms with van der Waals surface area (Å²) in [5, 5.41) is 3.35. The number of rotatable bonds is 8. The Balaban J connectivity index is 1.48. The molecule has 4 heteroatoms. The third-order valence-corrected chi connectivity index (χ3v) is 7.77. The first-order chi connectivity index (χ1) is 16.3. The third-order valence-electron chi connectivity index (χ3n) is 5.60. The van der Waals surface area contributed by atoms with Gasteiger partial charge in [-0.25, -0.2) is 0 Å². The van der Waals surface area contributed by atoms with Crippen LogP contribution in [0, 0.1) is 0 Å². The van der Waals surface area contributed by atoms with Crippen LogP contribution in [0.4, 0.5) is 0 Å².